The number of carbonyl (C=O) groups excluding carboxylic acids is 2. The van der Waals surface area contributed by atoms with Crippen LogP contribution >= 0.6 is 11.3 Å². The normalized spacial score (nSPS) is 15.6. The van der Waals surface area contributed by atoms with E-state index in [9.17, 15) is 18.4 Å². The Morgan fingerprint density at radius 1 is 1.00 bits per heavy atom. The van der Waals surface area contributed by atoms with Crippen LogP contribution in [0.3, 0.4) is 0 Å². The number of ketones is 1. The number of piperazine rings is 1. The topological polar surface area (TPSA) is 40.6 Å². The predicted molar refractivity (Wildman–Crippen MR) is 92.5 cm³/mol. The molecule has 1 saturated heterocycles. The van der Waals surface area contributed by atoms with E-state index in [0.717, 1.165) is 0 Å². The zero-order chi connectivity index (χ0) is 17.8. The van der Waals surface area contributed by atoms with Gasteiger partial charge in [-0.3, -0.25) is 14.5 Å². The highest BCUT2D eigenvalue weighted by Gasteiger charge is 2.26. The van der Waals surface area contributed by atoms with Gasteiger partial charge in [0.25, 0.3) is 12.3 Å². The molecule has 132 valence electrons. The molecule has 0 spiro atoms. The molecule has 7 heteroatoms. The maximum Gasteiger partial charge on any atom is 0.254 e. The fourth-order valence-corrected chi connectivity index (χ4v) is 3.59. The van der Waals surface area contributed by atoms with Crippen LogP contribution in [0.25, 0.3) is 0 Å². The molecule has 2 aromatic rings. The molecule has 1 aliphatic heterocycles. The van der Waals surface area contributed by atoms with Crippen LogP contribution in [-0.2, 0) is 0 Å². The van der Waals surface area contributed by atoms with Gasteiger partial charge in [0.2, 0.25) is 5.78 Å². The van der Waals surface area contributed by atoms with Crippen LogP contribution < -0.4 is 0 Å². The standard InChI is InChI=1S/C18H18F2N2O2S/c19-16(20)12-21-7-9-22(10-8-21)18(24)14-5-2-1-4-13(14)17(23)15-6-3-11-25-15/h1-6,11,16H,7-10,12H2. The summed E-state index contributed by atoms with van der Waals surface area (Å²) in [5.74, 6) is -0.396. The average molecular weight is 364 g/mol. The van der Waals surface area contributed by atoms with Crippen molar-refractivity contribution >= 4 is 23.0 Å². The summed E-state index contributed by atoms with van der Waals surface area (Å²) in [6.07, 6.45) is -2.37. The molecule has 3 rings (SSSR count). The summed E-state index contributed by atoms with van der Waals surface area (Å²) in [6, 6.07) is 10.3. The van der Waals surface area contributed by atoms with Crippen molar-refractivity contribution in [3.05, 3.63) is 57.8 Å². The molecule has 0 N–H and O–H groups in total. The molecule has 0 aliphatic carbocycles. The minimum atomic E-state index is -2.37. The third kappa shape index (κ3) is 4.11. The van der Waals surface area contributed by atoms with Gasteiger partial charge in [0.05, 0.1) is 17.0 Å². The third-order valence-corrected chi connectivity index (χ3v) is 5.07. The van der Waals surface area contributed by atoms with E-state index in [1.807, 2.05) is 5.38 Å². The Balaban J connectivity index is 1.74. The van der Waals surface area contributed by atoms with E-state index < -0.39 is 6.43 Å². The van der Waals surface area contributed by atoms with Crippen LogP contribution in [0, 0.1) is 0 Å². The van der Waals surface area contributed by atoms with Crippen LogP contribution in [0.2, 0.25) is 0 Å². The van der Waals surface area contributed by atoms with E-state index in [1.165, 1.54) is 11.3 Å². The van der Waals surface area contributed by atoms with E-state index in [2.05, 4.69) is 0 Å². The highest BCUT2D eigenvalue weighted by Crippen LogP contribution is 2.20. The lowest BCUT2D eigenvalue weighted by molar-refractivity contribution is 0.0457. The summed E-state index contributed by atoms with van der Waals surface area (Å²) in [5, 5.41) is 1.82. The number of halogens is 2. The number of thiophene rings is 1. The van der Waals surface area contributed by atoms with Gasteiger partial charge in [-0.2, -0.15) is 0 Å². The highest BCUT2D eigenvalue weighted by atomic mass is 32.1. The molecule has 1 aromatic heterocycles. The van der Waals surface area contributed by atoms with Gasteiger partial charge in [0.15, 0.2) is 0 Å². The van der Waals surface area contributed by atoms with Crippen molar-refractivity contribution in [1.82, 2.24) is 9.80 Å². The van der Waals surface area contributed by atoms with E-state index in [-0.39, 0.29) is 18.2 Å². The van der Waals surface area contributed by atoms with Crippen molar-refractivity contribution in [2.75, 3.05) is 32.7 Å². The molecule has 4 nitrogen and oxygen atoms in total. The lowest BCUT2D eigenvalue weighted by atomic mass is 10.0. The first-order chi connectivity index (χ1) is 12.1. The number of nitrogens with zero attached hydrogens (tertiary/aromatic N) is 2. The predicted octanol–water partition coefficient (Wildman–Crippen LogP) is 3.00. The summed E-state index contributed by atoms with van der Waals surface area (Å²) in [7, 11) is 0. The summed E-state index contributed by atoms with van der Waals surface area (Å²) in [6.45, 7) is 1.32. The van der Waals surface area contributed by atoms with Gasteiger partial charge in [-0.15, -0.1) is 11.3 Å². The second-order valence-electron chi connectivity index (χ2n) is 5.84. The molecule has 0 unspecified atom stereocenters. The fraction of sp³-hybridized carbons (Fsp3) is 0.333. The van der Waals surface area contributed by atoms with Gasteiger partial charge in [-0.05, 0) is 17.5 Å². The van der Waals surface area contributed by atoms with Crippen molar-refractivity contribution in [2.45, 2.75) is 6.43 Å². The molecule has 1 aliphatic rings. The number of hydrogen-bond donors (Lipinski definition) is 0. The average Bonchev–Trinajstić information content (AvgIpc) is 3.15. The van der Waals surface area contributed by atoms with E-state index >= 15 is 0 Å². The van der Waals surface area contributed by atoms with Crippen LogP contribution in [-0.4, -0.2) is 60.6 Å². The summed E-state index contributed by atoms with van der Waals surface area (Å²) in [4.78, 5) is 29.3. The van der Waals surface area contributed by atoms with E-state index in [4.69, 9.17) is 0 Å². The van der Waals surface area contributed by atoms with Crippen LogP contribution in [0.15, 0.2) is 41.8 Å². The van der Waals surface area contributed by atoms with Gasteiger partial charge < -0.3 is 4.90 Å². The first-order valence-corrected chi connectivity index (χ1v) is 8.91. The summed E-state index contributed by atoms with van der Waals surface area (Å²) in [5.41, 5.74) is 0.744. The van der Waals surface area contributed by atoms with E-state index in [0.29, 0.717) is 42.2 Å². The lowest BCUT2D eigenvalue weighted by Crippen LogP contribution is -2.50. The molecule has 2 heterocycles. The molecule has 1 fully saturated rings. The number of rotatable bonds is 5. The maximum atomic E-state index is 12.8. The highest BCUT2D eigenvalue weighted by molar-refractivity contribution is 7.12. The monoisotopic (exact) mass is 364 g/mol. The molecule has 0 saturated carbocycles. The molecule has 1 amide bonds. The molecule has 0 bridgehead atoms. The van der Waals surface area contributed by atoms with Gasteiger partial charge in [-0.1, -0.05) is 24.3 Å². The van der Waals surface area contributed by atoms with Gasteiger partial charge in [0, 0.05) is 31.7 Å². The Morgan fingerprint density at radius 3 is 2.28 bits per heavy atom. The van der Waals surface area contributed by atoms with Crippen molar-refractivity contribution in [3.8, 4) is 0 Å². The quantitative estimate of drug-likeness (QED) is 0.766. The van der Waals surface area contributed by atoms with Gasteiger partial charge in [0.1, 0.15) is 0 Å². The smallest absolute Gasteiger partial charge is 0.254 e. The lowest BCUT2D eigenvalue weighted by Gasteiger charge is -2.34. The molecule has 1 aromatic carbocycles. The van der Waals surface area contributed by atoms with Crippen LogP contribution in [0.5, 0.6) is 0 Å². The minimum absolute atomic E-state index is 0.171. The number of carbonyl (C=O) groups is 2. The Kier molecular flexibility index (Phi) is 5.55. The number of benzene rings is 1. The molecule has 25 heavy (non-hydrogen) atoms. The van der Waals surface area contributed by atoms with Crippen molar-refractivity contribution in [2.24, 2.45) is 0 Å². The van der Waals surface area contributed by atoms with Crippen molar-refractivity contribution in [1.29, 1.82) is 0 Å². The summed E-state index contributed by atoms with van der Waals surface area (Å²) < 4.78 is 24.9. The Labute approximate surface area is 148 Å². The fourth-order valence-electron chi connectivity index (χ4n) is 2.91. The third-order valence-electron chi connectivity index (χ3n) is 4.20. The molecule has 0 radical (unpaired) electrons. The number of alkyl halides is 2. The molecule has 0 atom stereocenters. The van der Waals surface area contributed by atoms with Crippen LogP contribution in [0.4, 0.5) is 8.78 Å². The Hall–Kier alpha value is -2.12. The molecular formula is C18H18F2N2O2S. The minimum Gasteiger partial charge on any atom is -0.336 e. The first-order valence-electron chi connectivity index (χ1n) is 8.03. The Morgan fingerprint density at radius 2 is 1.68 bits per heavy atom. The first kappa shape index (κ1) is 17.7. The van der Waals surface area contributed by atoms with Gasteiger partial charge >= 0.3 is 0 Å². The largest absolute Gasteiger partial charge is 0.336 e. The Bertz CT molecular complexity index is 741. The van der Waals surface area contributed by atoms with Crippen molar-refractivity contribution < 1.29 is 18.4 Å². The van der Waals surface area contributed by atoms with E-state index in [1.54, 1.807) is 46.2 Å². The second-order valence-corrected chi connectivity index (χ2v) is 6.78. The van der Waals surface area contributed by atoms with Crippen molar-refractivity contribution in [3.63, 3.8) is 0 Å². The number of amides is 1. The summed E-state index contributed by atoms with van der Waals surface area (Å²) >= 11 is 1.34. The zero-order valence-electron chi connectivity index (χ0n) is 13.5. The molecular weight excluding hydrogens is 346 g/mol. The zero-order valence-corrected chi connectivity index (χ0v) is 14.3. The SMILES string of the molecule is O=C(c1cccs1)c1ccccc1C(=O)N1CCN(CC(F)F)CC1. The second kappa shape index (κ2) is 7.84. The number of hydrogen-bond acceptors (Lipinski definition) is 4. The maximum absolute atomic E-state index is 12.8. The van der Waals surface area contributed by atoms with Gasteiger partial charge in [-0.25, -0.2) is 8.78 Å². The van der Waals surface area contributed by atoms with Crippen LogP contribution in [0.1, 0.15) is 25.6 Å².